The van der Waals surface area contributed by atoms with Gasteiger partial charge in [-0.25, -0.2) is 0 Å². The molecule has 1 atom stereocenters. The van der Waals surface area contributed by atoms with E-state index < -0.39 is 11.9 Å². The summed E-state index contributed by atoms with van der Waals surface area (Å²) in [6.07, 6.45) is 23.0. The van der Waals surface area contributed by atoms with E-state index in [1.165, 1.54) is 94.8 Å². The Bertz CT molecular complexity index is 544. The maximum atomic E-state index is 12.7. The van der Waals surface area contributed by atoms with Gasteiger partial charge < -0.3 is 15.9 Å². The van der Waals surface area contributed by atoms with Crippen LogP contribution in [-0.4, -0.2) is 51.5 Å². The molecular formula is C31H62N2O6. The van der Waals surface area contributed by atoms with E-state index in [1.807, 2.05) is 6.92 Å². The van der Waals surface area contributed by atoms with Crippen molar-refractivity contribution in [3.63, 3.8) is 0 Å². The number of rotatable bonds is 22. The molecule has 0 saturated heterocycles. The van der Waals surface area contributed by atoms with Gasteiger partial charge in [-0.2, -0.15) is 0 Å². The van der Waals surface area contributed by atoms with Gasteiger partial charge in [-0.3, -0.25) is 24.1 Å². The van der Waals surface area contributed by atoms with Crippen LogP contribution in [0, 0.1) is 0 Å². The molecule has 0 bridgehead atoms. The number of unbranched alkanes of at least 4 members (excludes halogenated alkanes) is 16. The lowest BCUT2D eigenvalue weighted by atomic mass is 10.0. The van der Waals surface area contributed by atoms with Crippen LogP contribution in [0.5, 0.6) is 0 Å². The molecule has 8 nitrogen and oxygen atoms in total. The van der Waals surface area contributed by atoms with Crippen LogP contribution in [0.4, 0.5) is 0 Å². The number of nitrogens with zero attached hydrogens (tertiary/aromatic N) is 1. The molecule has 232 valence electrons. The van der Waals surface area contributed by atoms with Gasteiger partial charge in [0.1, 0.15) is 0 Å². The van der Waals surface area contributed by atoms with Crippen molar-refractivity contribution in [2.24, 2.45) is 5.73 Å². The van der Waals surface area contributed by atoms with Crippen molar-refractivity contribution in [1.29, 1.82) is 0 Å². The molecular weight excluding hydrogens is 496 g/mol. The molecule has 0 fully saturated rings. The summed E-state index contributed by atoms with van der Waals surface area (Å²) >= 11 is 0. The summed E-state index contributed by atoms with van der Waals surface area (Å²) in [5.74, 6) is -1.72. The van der Waals surface area contributed by atoms with E-state index in [4.69, 9.17) is 25.5 Å². The average Bonchev–Trinajstić information content (AvgIpc) is 2.86. The third-order valence-electron chi connectivity index (χ3n) is 6.31. The first-order valence-corrected chi connectivity index (χ1v) is 15.5. The van der Waals surface area contributed by atoms with Gasteiger partial charge >= 0.3 is 0 Å². The van der Waals surface area contributed by atoms with E-state index in [2.05, 4.69) is 13.8 Å². The first kappa shape index (κ1) is 41.5. The minimum absolute atomic E-state index is 0.0261. The third kappa shape index (κ3) is 36.0. The van der Waals surface area contributed by atoms with Crippen LogP contribution in [0.25, 0.3) is 0 Å². The minimum atomic E-state index is -0.833. The van der Waals surface area contributed by atoms with Gasteiger partial charge in [0.2, 0.25) is 11.8 Å². The minimum Gasteiger partial charge on any atom is -0.481 e. The smallest absolute Gasteiger partial charge is 0.300 e. The Morgan fingerprint density at radius 3 is 1.03 bits per heavy atom. The maximum absolute atomic E-state index is 12.7. The Labute approximate surface area is 239 Å². The molecule has 0 aromatic heterocycles. The fraction of sp³-hybridized carbons (Fsp3) is 0.871. The van der Waals surface area contributed by atoms with Crippen LogP contribution in [0.2, 0.25) is 0 Å². The molecule has 0 aromatic carbocycles. The SMILES string of the molecule is CC(=O)O.CC(=O)O.CCCCCCCCCCCC(=O)N(C(=O)CCCCCCCCCCC)C(C)CN. The number of amides is 2. The first-order chi connectivity index (χ1) is 18.5. The number of carbonyl (C=O) groups excluding carboxylic acids is 2. The molecule has 39 heavy (non-hydrogen) atoms. The molecule has 1 unspecified atom stereocenters. The Kier molecular flexibility index (Phi) is 34.3. The number of carboxylic acids is 2. The number of carbonyl (C=O) groups is 4. The summed E-state index contributed by atoms with van der Waals surface area (Å²) in [7, 11) is 0. The Balaban J connectivity index is -0.00000141. The number of nitrogens with two attached hydrogens (primary N) is 1. The van der Waals surface area contributed by atoms with Gasteiger partial charge in [-0.1, -0.05) is 117 Å². The van der Waals surface area contributed by atoms with Crippen LogP contribution in [0.15, 0.2) is 0 Å². The molecule has 0 radical (unpaired) electrons. The molecule has 2 amide bonds. The topological polar surface area (TPSA) is 138 Å². The summed E-state index contributed by atoms with van der Waals surface area (Å²) in [6, 6.07) is -0.197. The van der Waals surface area contributed by atoms with Crippen LogP contribution in [-0.2, 0) is 19.2 Å². The standard InChI is InChI=1S/C27H54N2O2.2C2H4O2/c1-4-6-8-10-12-14-16-18-20-22-26(30)29(25(3)24-28)27(31)23-21-19-17-15-13-11-9-7-5-2;2*1-2(3)4/h25H,4-24,28H2,1-3H3;2*1H3,(H,3,4). The summed E-state index contributed by atoms with van der Waals surface area (Å²) in [4.78, 5) is 44.9. The molecule has 0 aliphatic heterocycles. The van der Waals surface area contributed by atoms with Crippen molar-refractivity contribution >= 4 is 23.8 Å². The third-order valence-corrected chi connectivity index (χ3v) is 6.31. The van der Waals surface area contributed by atoms with Gasteiger partial charge in [-0.05, 0) is 19.8 Å². The zero-order chi connectivity index (χ0) is 30.3. The van der Waals surface area contributed by atoms with Crippen molar-refractivity contribution < 1.29 is 29.4 Å². The lowest BCUT2D eigenvalue weighted by molar-refractivity contribution is -0.147. The Hall–Kier alpha value is -1.96. The summed E-state index contributed by atoms with van der Waals surface area (Å²) in [6.45, 7) is 8.88. The van der Waals surface area contributed by atoms with Gasteiger partial charge in [0.15, 0.2) is 0 Å². The van der Waals surface area contributed by atoms with Crippen LogP contribution in [0.1, 0.15) is 163 Å². The fourth-order valence-corrected chi connectivity index (χ4v) is 4.15. The monoisotopic (exact) mass is 558 g/mol. The number of hydrogen-bond donors (Lipinski definition) is 3. The highest BCUT2D eigenvalue weighted by atomic mass is 16.4. The molecule has 8 heteroatoms. The summed E-state index contributed by atoms with van der Waals surface area (Å²) < 4.78 is 0. The predicted molar refractivity (Wildman–Crippen MR) is 161 cm³/mol. The van der Waals surface area contributed by atoms with Crippen molar-refractivity contribution in [1.82, 2.24) is 4.90 Å². The maximum Gasteiger partial charge on any atom is 0.300 e. The molecule has 0 aromatic rings. The highest BCUT2D eigenvalue weighted by molar-refractivity contribution is 5.95. The molecule has 0 rings (SSSR count). The van der Waals surface area contributed by atoms with Crippen LogP contribution < -0.4 is 5.73 Å². The molecule has 0 heterocycles. The van der Waals surface area contributed by atoms with Crippen LogP contribution in [0.3, 0.4) is 0 Å². The van der Waals surface area contributed by atoms with Crippen molar-refractivity contribution in [2.75, 3.05) is 6.54 Å². The Morgan fingerprint density at radius 1 is 0.564 bits per heavy atom. The number of hydrogen-bond acceptors (Lipinski definition) is 5. The number of imide groups is 1. The fourth-order valence-electron chi connectivity index (χ4n) is 4.15. The van der Waals surface area contributed by atoms with Gasteiger partial charge in [0.05, 0.1) is 0 Å². The lowest BCUT2D eigenvalue weighted by Gasteiger charge is -2.26. The zero-order valence-electron chi connectivity index (χ0n) is 26.0. The highest BCUT2D eigenvalue weighted by Gasteiger charge is 2.25. The summed E-state index contributed by atoms with van der Waals surface area (Å²) in [5, 5.41) is 14.8. The van der Waals surface area contributed by atoms with E-state index in [0.717, 1.165) is 39.5 Å². The molecule has 0 saturated carbocycles. The van der Waals surface area contributed by atoms with Crippen LogP contribution >= 0.6 is 0 Å². The van der Waals surface area contributed by atoms with E-state index in [0.29, 0.717) is 19.4 Å². The predicted octanol–water partition coefficient (Wildman–Crippen LogP) is 7.71. The van der Waals surface area contributed by atoms with Gasteiger partial charge in [-0.15, -0.1) is 0 Å². The molecule has 4 N–H and O–H groups in total. The average molecular weight is 559 g/mol. The van der Waals surface area contributed by atoms with Crippen molar-refractivity contribution in [3.8, 4) is 0 Å². The normalized spacial score (nSPS) is 10.9. The number of carboxylic acid groups (broad SMARTS) is 2. The van der Waals surface area contributed by atoms with Gasteiger partial charge in [0.25, 0.3) is 11.9 Å². The van der Waals surface area contributed by atoms with E-state index >= 15 is 0 Å². The van der Waals surface area contributed by atoms with E-state index in [1.54, 1.807) is 0 Å². The zero-order valence-corrected chi connectivity index (χ0v) is 26.0. The van der Waals surface area contributed by atoms with Gasteiger partial charge in [0, 0.05) is 39.3 Å². The largest absolute Gasteiger partial charge is 0.481 e. The first-order valence-electron chi connectivity index (χ1n) is 15.5. The number of aliphatic carboxylic acids is 2. The molecule has 0 aliphatic rings. The van der Waals surface area contributed by atoms with E-state index in [-0.39, 0.29) is 17.9 Å². The summed E-state index contributed by atoms with van der Waals surface area (Å²) in [5.41, 5.74) is 5.79. The highest BCUT2D eigenvalue weighted by Crippen LogP contribution is 2.15. The Morgan fingerprint density at radius 2 is 0.795 bits per heavy atom. The second-order valence-electron chi connectivity index (χ2n) is 10.4. The van der Waals surface area contributed by atoms with E-state index in [9.17, 15) is 9.59 Å². The lowest BCUT2D eigenvalue weighted by Crippen LogP contribution is -2.46. The second kappa shape index (κ2) is 32.3. The molecule has 0 aliphatic carbocycles. The second-order valence-corrected chi connectivity index (χ2v) is 10.4. The quantitative estimate of drug-likeness (QED) is 0.116. The van der Waals surface area contributed by atoms with Crippen molar-refractivity contribution in [2.45, 2.75) is 169 Å². The van der Waals surface area contributed by atoms with Crippen molar-refractivity contribution in [3.05, 3.63) is 0 Å². The molecule has 0 spiro atoms.